The maximum Gasteiger partial charge on any atom is 0.187 e. The highest BCUT2D eigenvalue weighted by Gasteiger charge is 2.28. The zero-order valence-electron chi connectivity index (χ0n) is 13.9. The van der Waals surface area contributed by atoms with E-state index in [9.17, 15) is 0 Å². The van der Waals surface area contributed by atoms with Crippen LogP contribution in [0, 0.1) is 11.3 Å². The molecule has 0 aromatic carbocycles. The van der Waals surface area contributed by atoms with Crippen molar-refractivity contribution in [1.29, 1.82) is 0 Å². The van der Waals surface area contributed by atoms with Gasteiger partial charge in [0, 0.05) is 11.8 Å². The van der Waals surface area contributed by atoms with Crippen LogP contribution in [0.5, 0.6) is 0 Å². The molecule has 2 saturated carbocycles. The second-order valence-electron chi connectivity index (χ2n) is 7.74. The van der Waals surface area contributed by atoms with Gasteiger partial charge in [-0.1, -0.05) is 40.0 Å². The Morgan fingerprint density at radius 2 is 1.67 bits per heavy atom. The molecule has 2 N–H and O–H groups in total. The van der Waals surface area contributed by atoms with E-state index < -0.39 is 0 Å². The Labute approximate surface area is 135 Å². The van der Waals surface area contributed by atoms with Gasteiger partial charge in [-0.2, -0.15) is 5.10 Å². The van der Waals surface area contributed by atoms with Crippen molar-refractivity contribution < 1.29 is 0 Å². The van der Waals surface area contributed by atoms with Crippen LogP contribution in [0.1, 0.15) is 78.6 Å². The average Bonchev–Trinajstić information content (AvgIpc) is 2.46. The maximum absolute atomic E-state index is 5.36. The molecule has 0 atom stereocenters. The first kappa shape index (κ1) is 16.7. The van der Waals surface area contributed by atoms with E-state index in [2.05, 4.69) is 36.6 Å². The molecule has 0 bridgehead atoms. The first-order valence-corrected chi connectivity index (χ1v) is 8.98. The van der Waals surface area contributed by atoms with E-state index >= 15 is 0 Å². The molecule has 0 unspecified atom stereocenters. The van der Waals surface area contributed by atoms with Gasteiger partial charge in [0.25, 0.3) is 0 Å². The molecule has 0 saturated heterocycles. The lowest BCUT2D eigenvalue weighted by Gasteiger charge is -2.34. The molecule has 0 radical (unpaired) electrons. The molecule has 0 aromatic rings. The van der Waals surface area contributed by atoms with Crippen LogP contribution >= 0.6 is 12.2 Å². The minimum atomic E-state index is 0.427. The van der Waals surface area contributed by atoms with Gasteiger partial charge in [0.15, 0.2) is 5.11 Å². The summed E-state index contributed by atoms with van der Waals surface area (Å²) in [5.74, 6) is 0.823. The Morgan fingerprint density at radius 1 is 1.05 bits per heavy atom. The van der Waals surface area contributed by atoms with E-state index in [0.29, 0.717) is 16.6 Å². The third-order valence-electron chi connectivity index (χ3n) is 5.04. The van der Waals surface area contributed by atoms with E-state index in [0.717, 1.165) is 18.8 Å². The highest BCUT2D eigenvalue weighted by molar-refractivity contribution is 7.80. The quantitative estimate of drug-likeness (QED) is 0.587. The predicted molar refractivity (Wildman–Crippen MR) is 94.6 cm³/mol. The van der Waals surface area contributed by atoms with Gasteiger partial charge in [0.2, 0.25) is 0 Å². The van der Waals surface area contributed by atoms with Crippen LogP contribution in [0.3, 0.4) is 0 Å². The normalized spacial score (nSPS) is 24.5. The second kappa shape index (κ2) is 7.57. The van der Waals surface area contributed by atoms with E-state index in [4.69, 9.17) is 12.2 Å². The van der Waals surface area contributed by atoms with Crippen molar-refractivity contribution in [3.63, 3.8) is 0 Å². The van der Waals surface area contributed by atoms with Crippen LogP contribution in [0.15, 0.2) is 5.10 Å². The van der Waals surface area contributed by atoms with Crippen molar-refractivity contribution in [2.75, 3.05) is 0 Å². The summed E-state index contributed by atoms with van der Waals surface area (Å²) in [4.78, 5) is 0. The van der Waals surface area contributed by atoms with Gasteiger partial charge < -0.3 is 5.32 Å². The minimum absolute atomic E-state index is 0.427. The fourth-order valence-electron chi connectivity index (χ4n) is 3.52. The SMILES string of the molecule is CC(C)(C)C1CCC(=NNC(=S)NC2CCCCC2)CC1. The highest BCUT2D eigenvalue weighted by atomic mass is 32.1. The summed E-state index contributed by atoms with van der Waals surface area (Å²) in [6.07, 6.45) is 11.2. The number of nitrogens with one attached hydrogen (secondary N) is 2. The Kier molecular flexibility index (Phi) is 6.03. The zero-order chi connectivity index (χ0) is 15.3. The monoisotopic (exact) mass is 309 g/mol. The number of rotatable bonds is 2. The molecule has 0 heterocycles. The third kappa shape index (κ3) is 5.57. The molecule has 4 heteroatoms. The number of hydrazone groups is 1. The minimum Gasteiger partial charge on any atom is -0.359 e. The van der Waals surface area contributed by atoms with Crippen molar-refractivity contribution in [1.82, 2.24) is 10.7 Å². The van der Waals surface area contributed by atoms with Gasteiger partial charge in [-0.15, -0.1) is 0 Å². The van der Waals surface area contributed by atoms with Gasteiger partial charge in [-0.25, -0.2) is 0 Å². The maximum atomic E-state index is 5.36. The number of nitrogens with zero attached hydrogens (tertiary/aromatic N) is 1. The molecular weight excluding hydrogens is 278 g/mol. The molecule has 120 valence electrons. The van der Waals surface area contributed by atoms with Crippen molar-refractivity contribution >= 4 is 23.0 Å². The third-order valence-corrected chi connectivity index (χ3v) is 5.25. The first-order chi connectivity index (χ1) is 9.95. The second-order valence-corrected chi connectivity index (χ2v) is 8.15. The average molecular weight is 310 g/mol. The number of hydrogen-bond donors (Lipinski definition) is 2. The topological polar surface area (TPSA) is 36.4 Å². The van der Waals surface area contributed by atoms with E-state index in [1.807, 2.05) is 0 Å². The molecule has 0 amide bonds. The van der Waals surface area contributed by atoms with E-state index in [1.165, 1.54) is 50.7 Å². The summed E-state index contributed by atoms with van der Waals surface area (Å²) in [7, 11) is 0. The molecule has 2 aliphatic carbocycles. The highest BCUT2D eigenvalue weighted by Crippen LogP contribution is 2.36. The smallest absolute Gasteiger partial charge is 0.187 e. The molecule has 0 aliphatic heterocycles. The fourth-order valence-corrected chi connectivity index (χ4v) is 3.74. The van der Waals surface area contributed by atoms with Gasteiger partial charge in [0.05, 0.1) is 0 Å². The predicted octanol–water partition coefficient (Wildman–Crippen LogP) is 4.38. The molecule has 21 heavy (non-hydrogen) atoms. The largest absolute Gasteiger partial charge is 0.359 e. The van der Waals surface area contributed by atoms with Crippen molar-refractivity contribution in [3.05, 3.63) is 0 Å². The summed E-state index contributed by atoms with van der Waals surface area (Å²) in [6.45, 7) is 7.05. The summed E-state index contributed by atoms with van der Waals surface area (Å²) < 4.78 is 0. The standard InChI is InChI=1S/C17H31N3S/c1-17(2,3)13-9-11-15(12-10-13)19-20-16(21)18-14-7-5-4-6-8-14/h13-14H,4-12H2,1-3H3,(H2,18,20,21). The van der Waals surface area contributed by atoms with Crippen LogP contribution < -0.4 is 10.7 Å². The Morgan fingerprint density at radius 3 is 2.24 bits per heavy atom. The van der Waals surface area contributed by atoms with Crippen LogP contribution in [-0.4, -0.2) is 16.9 Å². The molecule has 0 spiro atoms. The molecular formula is C17H31N3S. The Bertz CT molecular complexity index is 368. The molecule has 3 nitrogen and oxygen atoms in total. The first-order valence-electron chi connectivity index (χ1n) is 8.57. The summed E-state index contributed by atoms with van der Waals surface area (Å²) in [6, 6.07) is 0.551. The van der Waals surface area contributed by atoms with Gasteiger partial charge in [-0.05, 0) is 62.1 Å². The van der Waals surface area contributed by atoms with Gasteiger partial charge in [-0.3, -0.25) is 5.43 Å². The molecule has 0 aromatic heterocycles. The lowest BCUT2D eigenvalue weighted by Crippen LogP contribution is -2.41. The zero-order valence-corrected chi connectivity index (χ0v) is 14.7. The van der Waals surface area contributed by atoms with Crippen molar-refractivity contribution in [2.24, 2.45) is 16.4 Å². The van der Waals surface area contributed by atoms with Gasteiger partial charge in [0.1, 0.15) is 0 Å². The summed E-state index contributed by atoms with van der Waals surface area (Å²) in [5, 5.41) is 8.63. The van der Waals surface area contributed by atoms with Crippen LogP contribution in [0.25, 0.3) is 0 Å². The van der Waals surface area contributed by atoms with Crippen LogP contribution in [0.2, 0.25) is 0 Å². The van der Waals surface area contributed by atoms with Gasteiger partial charge >= 0.3 is 0 Å². The molecule has 2 fully saturated rings. The van der Waals surface area contributed by atoms with Crippen molar-refractivity contribution in [3.8, 4) is 0 Å². The Balaban J connectivity index is 1.71. The van der Waals surface area contributed by atoms with Crippen LogP contribution in [-0.2, 0) is 0 Å². The lowest BCUT2D eigenvalue weighted by atomic mass is 9.72. The molecule has 2 aliphatic rings. The lowest BCUT2D eigenvalue weighted by molar-refractivity contribution is 0.208. The summed E-state index contributed by atoms with van der Waals surface area (Å²) in [5.41, 5.74) is 4.77. The van der Waals surface area contributed by atoms with Crippen molar-refractivity contribution in [2.45, 2.75) is 84.6 Å². The number of hydrogen-bond acceptors (Lipinski definition) is 2. The fraction of sp³-hybridized carbons (Fsp3) is 0.882. The van der Waals surface area contributed by atoms with E-state index in [-0.39, 0.29) is 0 Å². The van der Waals surface area contributed by atoms with E-state index in [1.54, 1.807) is 0 Å². The Hall–Kier alpha value is -0.640. The summed E-state index contributed by atoms with van der Waals surface area (Å²) >= 11 is 5.36. The molecule has 2 rings (SSSR count). The number of thiocarbonyl (C=S) groups is 1. The van der Waals surface area contributed by atoms with Crippen LogP contribution in [0.4, 0.5) is 0 Å².